The van der Waals surface area contributed by atoms with Gasteiger partial charge >= 0.3 is 5.91 Å². The van der Waals surface area contributed by atoms with Gasteiger partial charge in [0.15, 0.2) is 5.72 Å². The van der Waals surface area contributed by atoms with E-state index in [1.54, 1.807) is 24.3 Å². The van der Waals surface area contributed by atoms with Gasteiger partial charge in [0, 0.05) is 5.41 Å². The van der Waals surface area contributed by atoms with Crippen molar-refractivity contribution >= 4 is 17.4 Å². The van der Waals surface area contributed by atoms with E-state index in [1.807, 2.05) is 26.8 Å². The van der Waals surface area contributed by atoms with Crippen LogP contribution >= 0.6 is 0 Å². The molecule has 0 aliphatic carbocycles. The molecular weight excluding hydrogens is 244 g/mol. The third-order valence-electron chi connectivity index (χ3n) is 3.46. The standard InChI is InChI=1S/C14H18N2O3/c1-13(2,3)14(19)9-11(17)12(18)15-16(14)10-7-5-4-6-8-10/h4-8,19H,9H2,1-3H3,(H,15,18)/t14-/m1/s1. The molecule has 1 atom stereocenters. The molecule has 1 aromatic rings. The van der Waals surface area contributed by atoms with E-state index in [1.165, 1.54) is 5.01 Å². The number of nitrogens with one attached hydrogen (secondary N) is 1. The number of hydrogen-bond acceptors (Lipinski definition) is 4. The number of rotatable bonds is 1. The fraction of sp³-hybridized carbons (Fsp3) is 0.429. The summed E-state index contributed by atoms with van der Waals surface area (Å²) in [6.07, 6.45) is -0.225. The van der Waals surface area contributed by atoms with E-state index < -0.39 is 22.8 Å². The van der Waals surface area contributed by atoms with Crippen LogP contribution < -0.4 is 10.4 Å². The summed E-state index contributed by atoms with van der Waals surface area (Å²) in [5.41, 5.74) is 1.05. The number of para-hydroxylation sites is 1. The Hall–Kier alpha value is -1.88. The number of Topliss-reactive ketones (excluding diaryl/α,β-unsaturated/α-hetero) is 1. The Balaban J connectivity index is 2.48. The lowest BCUT2D eigenvalue weighted by atomic mass is 9.78. The maximum atomic E-state index is 11.6. The van der Waals surface area contributed by atoms with Gasteiger partial charge in [-0.25, -0.2) is 0 Å². The summed E-state index contributed by atoms with van der Waals surface area (Å²) in [7, 11) is 0. The van der Waals surface area contributed by atoms with Crippen LogP contribution in [-0.4, -0.2) is 22.5 Å². The average Bonchev–Trinajstić information content (AvgIpc) is 2.33. The number of amides is 1. The van der Waals surface area contributed by atoms with Crippen LogP contribution in [0.1, 0.15) is 27.2 Å². The summed E-state index contributed by atoms with van der Waals surface area (Å²) in [5.74, 6) is -1.30. The minimum Gasteiger partial charge on any atom is -0.368 e. The van der Waals surface area contributed by atoms with Gasteiger partial charge in [0.25, 0.3) is 0 Å². The molecule has 1 amide bonds. The molecule has 1 fully saturated rings. The first-order valence-electron chi connectivity index (χ1n) is 6.17. The Morgan fingerprint density at radius 2 is 1.79 bits per heavy atom. The highest BCUT2D eigenvalue weighted by Crippen LogP contribution is 2.39. The SMILES string of the molecule is CC(C)(C)[C@]1(O)CC(=O)C(=O)NN1c1ccccc1. The maximum absolute atomic E-state index is 11.6. The van der Waals surface area contributed by atoms with E-state index in [0.717, 1.165) is 0 Å². The van der Waals surface area contributed by atoms with Crippen molar-refractivity contribution in [2.75, 3.05) is 5.01 Å². The minimum atomic E-state index is -1.46. The van der Waals surface area contributed by atoms with Crippen molar-refractivity contribution in [3.63, 3.8) is 0 Å². The summed E-state index contributed by atoms with van der Waals surface area (Å²) >= 11 is 0. The average molecular weight is 262 g/mol. The molecule has 0 bridgehead atoms. The second kappa shape index (κ2) is 4.35. The molecule has 0 saturated carbocycles. The van der Waals surface area contributed by atoms with Crippen LogP contribution in [-0.2, 0) is 9.59 Å². The van der Waals surface area contributed by atoms with Gasteiger partial charge in [0.05, 0.1) is 12.1 Å². The molecular formula is C14H18N2O3. The van der Waals surface area contributed by atoms with Crippen molar-refractivity contribution in [3.05, 3.63) is 30.3 Å². The predicted molar refractivity (Wildman–Crippen MR) is 71.1 cm³/mol. The Morgan fingerprint density at radius 1 is 1.21 bits per heavy atom. The van der Waals surface area contributed by atoms with Crippen molar-refractivity contribution in [1.82, 2.24) is 5.43 Å². The molecule has 1 aliphatic rings. The molecule has 0 aromatic heterocycles. The first kappa shape index (κ1) is 13.5. The predicted octanol–water partition coefficient (Wildman–Crippen LogP) is 1.23. The van der Waals surface area contributed by atoms with E-state index >= 15 is 0 Å². The summed E-state index contributed by atoms with van der Waals surface area (Å²) in [4.78, 5) is 23.2. The number of carbonyl (C=O) groups excluding carboxylic acids is 2. The molecule has 19 heavy (non-hydrogen) atoms. The minimum absolute atomic E-state index is 0.225. The molecule has 0 spiro atoms. The van der Waals surface area contributed by atoms with E-state index in [0.29, 0.717) is 5.69 Å². The van der Waals surface area contributed by atoms with Gasteiger partial charge in [0.2, 0.25) is 5.78 Å². The Morgan fingerprint density at radius 3 is 2.32 bits per heavy atom. The molecule has 1 aromatic carbocycles. The van der Waals surface area contributed by atoms with E-state index in [-0.39, 0.29) is 6.42 Å². The van der Waals surface area contributed by atoms with Crippen molar-refractivity contribution in [1.29, 1.82) is 0 Å². The lowest BCUT2D eigenvalue weighted by molar-refractivity contribution is -0.153. The third-order valence-corrected chi connectivity index (χ3v) is 3.46. The summed E-state index contributed by atoms with van der Waals surface area (Å²) < 4.78 is 0. The topological polar surface area (TPSA) is 69.6 Å². The lowest BCUT2D eigenvalue weighted by Crippen LogP contribution is -2.69. The summed E-state index contributed by atoms with van der Waals surface area (Å²) in [6, 6.07) is 9.00. The van der Waals surface area contributed by atoms with Crippen LogP contribution in [0.2, 0.25) is 0 Å². The van der Waals surface area contributed by atoms with Gasteiger partial charge in [-0.05, 0) is 12.1 Å². The van der Waals surface area contributed by atoms with Gasteiger partial charge in [-0.1, -0.05) is 39.0 Å². The van der Waals surface area contributed by atoms with Crippen LogP contribution in [0.25, 0.3) is 0 Å². The van der Waals surface area contributed by atoms with E-state index in [4.69, 9.17) is 0 Å². The monoisotopic (exact) mass is 262 g/mol. The van der Waals surface area contributed by atoms with Gasteiger partial charge in [-0.15, -0.1) is 0 Å². The number of anilines is 1. The number of hydrazine groups is 1. The first-order chi connectivity index (χ1) is 8.75. The number of nitrogens with zero attached hydrogens (tertiary/aromatic N) is 1. The highest BCUT2D eigenvalue weighted by atomic mass is 16.3. The second-order valence-corrected chi connectivity index (χ2v) is 5.78. The molecule has 5 nitrogen and oxygen atoms in total. The summed E-state index contributed by atoms with van der Waals surface area (Å²) in [5, 5.41) is 12.3. The number of carbonyl (C=O) groups is 2. The number of hydrogen-bond donors (Lipinski definition) is 2. The number of aliphatic hydroxyl groups is 1. The molecule has 1 aliphatic heterocycles. The Labute approximate surface area is 112 Å². The zero-order valence-corrected chi connectivity index (χ0v) is 11.3. The highest BCUT2D eigenvalue weighted by Gasteiger charge is 2.52. The van der Waals surface area contributed by atoms with Gasteiger partial charge < -0.3 is 5.11 Å². The fourth-order valence-electron chi connectivity index (χ4n) is 2.10. The van der Waals surface area contributed by atoms with Crippen LogP contribution in [0.3, 0.4) is 0 Å². The van der Waals surface area contributed by atoms with Crippen LogP contribution in [0.5, 0.6) is 0 Å². The zero-order valence-electron chi connectivity index (χ0n) is 11.3. The van der Waals surface area contributed by atoms with Crippen molar-refractivity contribution in [3.8, 4) is 0 Å². The molecule has 1 saturated heterocycles. The van der Waals surface area contributed by atoms with Gasteiger partial charge in [-0.3, -0.25) is 20.0 Å². The largest absolute Gasteiger partial charge is 0.368 e. The van der Waals surface area contributed by atoms with E-state index in [9.17, 15) is 14.7 Å². The summed E-state index contributed by atoms with van der Waals surface area (Å²) in [6.45, 7) is 5.48. The van der Waals surface area contributed by atoms with Gasteiger partial charge in [0.1, 0.15) is 0 Å². The smallest absolute Gasteiger partial charge is 0.306 e. The third kappa shape index (κ3) is 2.21. The van der Waals surface area contributed by atoms with Crippen LogP contribution in [0.4, 0.5) is 5.69 Å². The lowest BCUT2D eigenvalue weighted by Gasteiger charge is -2.50. The maximum Gasteiger partial charge on any atom is 0.306 e. The fourth-order valence-corrected chi connectivity index (χ4v) is 2.10. The van der Waals surface area contributed by atoms with Crippen molar-refractivity contribution in [2.45, 2.75) is 32.9 Å². The quantitative estimate of drug-likeness (QED) is 0.747. The molecule has 0 unspecified atom stereocenters. The molecule has 5 heteroatoms. The highest BCUT2D eigenvalue weighted by molar-refractivity contribution is 6.37. The van der Waals surface area contributed by atoms with Crippen molar-refractivity contribution in [2.24, 2.45) is 5.41 Å². The van der Waals surface area contributed by atoms with Gasteiger partial charge in [-0.2, -0.15) is 0 Å². The van der Waals surface area contributed by atoms with Crippen molar-refractivity contribution < 1.29 is 14.7 Å². The number of ketones is 1. The van der Waals surface area contributed by atoms with Crippen LogP contribution in [0, 0.1) is 5.41 Å². The van der Waals surface area contributed by atoms with Crippen LogP contribution in [0.15, 0.2) is 30.3 Å². The molecule has 0 radical (unpaired) electrons. The zero-order chi connectivity index (χ0) is 14.3. The Bertz CT molecular complexity index is 507. The normalized spacial score (nSPS) is 24.3. The number of benzene rings is 1. The molecule has 2 N–H and O–H groups in total. The van der Waals surface area contributed by atoms with E-state index in [2.05, 4.69) is 5.43 Å². The molecule has 102 valence electrons. The molecule has 1 heterocycles. The second-order valence-electron chi connectivity index (χ2n) is 5.78. The molecule has 2 rings (SSSR count). The Kier molecular flexibility index (Phi) is 3.10. The first-order valence-corrected chi connectivity index (χ1v) is 6.17.